The van der Waals surface area contributed by atoms with Crippen molar-refractivity contribution in [2.24, 2.45) is 0 Å². The minimum atomic E-state index is -4.60. The molecule has 2 N–H and O–H groups in total. The number of anilines is 1. The second kappa shape index (κ2) is 4.32. The highest BCUT2D eigenvalue weighted by Gasteiger charge is 2.40. The summed E-state index contributed by atoms with van der Waals surface area (Å²) in [7, 11) is 0. The third-order valence-corrected chi connectivity index (χ3v) is 2.81. The van der Waals surface area contributed by atoms with Crippen LogP contribution in [0.15, 0.2) is 0 Å². The second-order valence-corrected chi connectivity index (χ2v) is 4.25. The van der Waals surface area contributed by atoms with Gasteiger partial charge in [0, 0.05) is 4.88 Å². The lowest BCUT2D eigenvalue weighted by Crippen LogP contribution is -2.15. The highest BCUT2D eigenvalue weighted by molar-refractivity contribution is 7.16. The number of hydrogen-bond donors (Lipinski definition) is 1. The molecule has 0 atom stereocenters. The van der Waals surface area contributed by atoms with Crippen molar-refractivity contribution < 1.29 is 22.7 Å². The van der Waals surface area contributed by atoms with Crippen molar-refractivity contribution >= 4 is 22.3 Å². The molecule has 1 aromatic rings. The fraction of sp³-hybridized carbons (Fsp3) is 0.444. The average molecular weight is 253 g/mol. The minimum absolute atomic E-state index is 0.00443. The van der Waals surface area contributed by atoms with Crippen LogP contribution in [0.25, 0.3) is 0 Å². The van der Waals surface area contributed by atoms with Crippen LogP contribution in [0.5, 0.6) is 0 Å². The molecule has 3 nitrogen and oxygen atoms in total. The number of carbonyl (C=O) groups is 1. The van der Waals surface area contributed by atoms with Crippen LogP contribution in [0.3, 0.4) is 0 Å². The minimum Gasteiger partial charge on any atom is -0.462 e. The Morgan fingerprint density at radius 3 is 2.50 bits per heavy atom. The van der Waals surface area contributed by atoms with E-state index in [1.54, 1.807) is 0 Å². The highest BCUT2D eigenvalue weighted by Crippen LogP contribution is 2.41. The summed E-state index contributed by atoms with van der Waals surface area (Å²) in [5.74, 6) is -1.03. The zero-order chi connectivity index (χ0) is 12.5. The van der Waals surface area contributed by atoms with E-state index in [0.717, 1.165) is 11.3 Å². The summed E-state index contributed by atoms with van der Waals surface area (Å²) < 4.78 is 42.5. The fourth-order valence-corrected chi connectivity index (χ4v) is 2.25. The number of ether oxygens (including phenoxy) is 1. The van der Waals surface area contributed by atoms with E-state index < -0.39 is 23.3 Å². The normalized spacial score (nSPS) is 11.6. The van der Waals surface area contributed by atoms with Crippen LogP contribution >= 0.6 is 11.3 Å². The molecule has 0 aliphatic rings. The number of alkyl halides is 3. The van der Waals surface area contributed by atoms with Gasteiger partial charge in [0.2, 0.25) is 0 Å². The lowest BCUT2D eigenvalue weighted by molar-refractivity contribution is -0.138. The Morgan fingerprint density at radius 1 is 1.50 bits per heavy atom. The Bertz CT molecular complexity index is 412. The van der Waals surface area contributed by atoms with Crippen molar-refractivity contribution in [3.05, 3.63) is 16.0 Å². The van der Waals surface area contributed by atoms with Crippen LogP contribution in [0.4, 0.5) is 18.2 Å². The number of nitrogen functional groups attached to an aromatic ring is 1. The summed E-state index contributed by atoms with van der Waals surface area (Å²) in [6.07, 6.45) is -4.60. The van der Waals surface area contributed by atoms with Crippen LogP contribution in [0.2, 0.25) is 0 Å². The molecule has 7 heteroatoms. The molecule has 1 aromatic heterocycles. The number of rotatable bonds is 2. The van der Waals surface area contributed by atoms with Gasteiger partial charge in [-0.3, -0.25) is 0 Å². The molecule has 0 saturated heterocycles. The molecule has 0 aliphatic carbocycles. The molecule has 0 unspecified atom stereocenters. The predicted octanol–water partition coefficient (Wildman–Crippen LogP) is 2.83. The third-order valence-electron chi connectivity index (χ3n) is 1.87. The first-order chi connectivity index (χ1) is 7.29. The summed E-state index contributed by atoms with van der Waals surface area (Å²) in [6, 6.07) is 0. The van der Waals surface area contributed by atoms with Gasteiger partial charge in [0.1, 0.15) is 10.6 Å². The number of esters is 1. The Hall–Kier alpha value is -1.24. The summed E-state index contributed by atoms with van der Waals surface area (Å²) in [6.45, 7) is 2.79. The van der Waals surface area contributed by atoms with Gasteiger partial charge in [-0.25, -0.2) is 4.79 Å². The first-order valence-corrected chi connectivity index (χ1v) is 5.23. The zero-order valence-electron chi connectivity index (χ0n) is 8.64. The SMILES string of the molecule is CCOC(=O)c1c(N)sc(C)c1C(F)(F)F. The number of aryl methyl sites for hydroxylation is 1. The maximum absolute atomic E-state index is 12.7. The predicted molar refractivity (Wildman–Crippen MR) is 54.4 cm³/mol. The van der Waals surface area contributed by atoms with Crippen LogP contribution < -0.4 is 5.73 Å². The van der Waals surface area contributed by atoms with E-state index in [1.807, 2.05) is 0 Å². The first kappa shape index (κ1) is 12.8. The van der Waals surface area contributed by atoms with Gasteiger partial charge >= 0.3 is 12.1 Å². The van der Waals surface area contributed by atoms with Crippen molar-refractivity contribution in [3.63, 3.8) is 0 Å². The van der Waals surface area contributed by atoms with E-state index in [0.29, 0.717) is 0 Å². The number of hydrogen-bond acceptors (Lipinski definition) is 4. The second-order valence-electron chi connectivity index (χ2n) is 2.99. The molecule has 0 aromatic carbocycles. The van der Waals surface area contributed by atoms with Crippen LogP contribution in [0, 0.1) is 6.92 Å². The van der Waals surface area contributed by atoms with Gasteiger partial charge in [-0.15, -0.1) is 11.3 Å². The number of nitrogens with two attached hydrogens (primary N) is 1. The summed E-state index contributed by atoms with van der Waals surface area (Å²) in [4.78, 5) is 11.3. The van der Waals surface area contributed by atoms with E-state index in [2.05, 4.69) is 4.74 Å². The molecule has 90 valence electrons. The van der Waals surface area contributed by atoms with Gasteiger partial charge in [-0.05, 0) is 13.8 Å². The monoisotopic (exact) mass is 253 g/mol. The van der Waals surface area contributed by atoms with E-state index in [-0.39, 0.29) is 16.5 Å². The number of carbonyl (C=O) groups excluding carboxylic acids is 1. The van der Waals surface area contributed by atoms with Crippen molar-refractivity contribution in [2.45, 2.75) is 20.0 Å². The van der Waals surface area contributed by atoms with Gasteiger partial charge in [-0.2, -0.15) is 13.2 Å². The Kier molecular flexibility index (Phi) is 3.47. The van der Waals surface area contributed by atoms with Gasteiger partial charge < -0.3 is 10.5 Å². The van der Waals surface area contributed by atoms with Crippen LogP contribution in [-0.2, 0) is 10.9 Å². The summed E-state index contributed by atoms with van der Waals surface area (Å²) >= 11 is 0.734. The third kappa shape index (κ3) is 2.29. The van der Waals surface area contributed by atoms with E-state index in [4.69, 9.17) is 5.73 Å². The van der Waals surface area contributed by atoms with Gasteiger partial charge in [0.25, 0.3) is 0 Å². The molecule has 0 amide bonds. The Labute approximate surface area is 94.0 Å². The molecule has 0 fully saturated rings. The molecular weight excluding hydrogens is 243 g/mol. The smallest absolute Gasteiger partial charge is 0.418 e. The van der Waals surface area contributed by atoms with Gasteiger partial charge in [0.15, 0.2) is 0 Å². The standard InChI is InChI=1S/C9H10F3NO2S/c1-3-15-8(14)5-6(9(10,11)12)4(2)16-7(5)13/h3,13H2,1-2H3. The topological polar surface area (TPSA) is 52.3 Å². The zero-order valence-corrected chi connectivity index (χ0v) is 9.46. The maximum Gasteiger partial charge on any atom is 0.418 e. The van der Waals surface area contributed by atoms with Crippen LogP contribution in [-0.4, -0.2) is 12.6 Å². The quantitative estimate of drug-likeness (QED) is 0.824. The molecule has 1 rings (SSSR count). The molecule has 0 radical (unpaired) electrons. The summed E-state index contributed by atoms with van der Waals surface area (Å²) in [5, 5.41) is -0.164. The van der Waals surface area contributed by atoms with Gasteiger partial charge in [-0.1, -0.05) is 0 Å². The first-order valence-electron chi connectivity index (χ1n) is 4.42. The van der Waals surface area contributed by atoms with Crippen molar-refractivity contribution in [3.8, 4) is 0 Å². The van der Waals surface area contributed by atoms with Crippen molar-refractivity contribution in [1.29, 1.82) is 0 Å². The molecule has 1 heterocycles. The van der Waals surface area contributed by atoms with Crippen molar-refractivity contribution in [2.75, 3.05) is 12.3 Å². The lowest BCUT2D eigenvalue weighted by atomic mass is 10.1. The highest BCUT2D eigenvalue weighted by atomic mass is 32.1. The summed E-state index contributed by atoms with van der Waals surface area (Å²) in [5.41, 5.74) is 3.82. The van der Waals surface area contributed by atoms with E-state index in [9.17, 15) is 18.0 Å². The largest absolute Gasteiger partial charge is 0.462 e. The van der Waals surface area contributed by atoms with E-state index in [1.165, 1.54) is 13.8 Å². The molecule has 0 bridgehead atoms. The lowest BCUT2D eigenvalue weighted by Gasteiger charge is -2.09. The molecule has 0 spiro atoms. The van der Waals surface area contributed by atoms with E-state index >= 15 is 0 Å². The Balaban J connectivity index is 3.32. The van der Waals surface area contributed by atoms with Crippen molar-refractivity contribution in [1.82, 2.24) is 0 Å². The van der Waals surface area contributed by atoms with Gasteiger partial charge in [0.05, 0.1) is 12.2 Å². The molecule has 16 heavy (non-hydrogen) atoms. The average Bonchev–Trinajstić information content (AvgIpc) is 2.40. The molecule has 0 aliphatic heterocycles. The fourth-order valence-electron chi connectivity index (χ4n) is 1.31. The number of halogens is 3. The maximum atomic E-state index is 12.7. The molecular formula is C9H10F3NO2S. The van der Waals surface area contributed by atoms with Crippen LogP contribution in [0.1, 0.15) is 27.7 Å². The Morgan fingerprint density at radius 2 is 2.06 bits per heavy atom. The molecule has 0 saturated carbocycles. The number of thiophene rings is 1.